The molecule has 0 unspecified atom stereocenters. The predicted octanol–water partition coefficient (Wildman–Crippen LogP) is 5.20. The van der Waals surface area contributed by atoms with Crippen molar-refractivity contribution < 1.29 is 23.5 Å². The average molecular weight is 531 g/mol. The maximum atomic E-state index is 13.2. The van der Waals surface area contributed by atoms with Crippen molar-refractivity contribution in [3.63, 3.8) is 0 Å². The van der Waals surface area contributed by atoms with Crippen molar-refractivity contribution in [1.29, 1.82) is 0 Å². The van der Waals surface area contributed by atoms with Crippen LogP contribution in [0.4, 0.5) is 14.5 Å². The van der Waals surface area contributed by atoms with Gasteiger partial charge in [0.15, 0.2) is 0 Å². The van der Waals surface area contributed by atoms with Crippen LogP contribution >= 0.6 is 11.6 Å². The number of carbonyl (C=O) groups excluding carboxylic acids is 1. The Morgan fingerprint density at radius 2 is 1.73 bits per heavy atom. The lowest BCUT2D eigenvalue weighted by Crippen LogP contribution is -2.56. The Bertz CT molecular complexity index is 1290. The van der Waals surface area contributed by atoms with Gasteiger partial charge in [0.25, 0.3) is 11.8 Å². The van der Waals surface area contributed by atoms with Crippen LogP contribution in [0.2, 0.25) is 5.02 Å². The average Bonchev–Trinajstić information content (AvgIpc) is 3.27. The Kier molecular flexibility index (Phi) is 7.07. The highest BCUT2D eigenvalue weighted by atomic mass is 35.5. The molecule has 2 heterocycles. The number of anilines is 1. The van der Waals surface area contributed by atoms with Crippen molar-refractivity contribution in [2.75, 3.05) is 24.5 Å². The Hall–Kier alpha value is -3.20. The summed E-state index contributed by atoms with van der Waals surface area (Å²) in [6.45, 7) is 0.446. The Morgan fingerprint density at radius 3 is 2.38 bits per heavy atom. The Balaban J connectivity index is 1.23. The molecule has 7 nitrogen and oxygen atoms in total. The van der Waals surface area contributed by atoms with Gasteiger partial charge in [0.1, 0.15) is 0 Å². The lowest BCUT2D eigenvalue weighted by molar-refractivity contribution is -0.138. The highest BCUT2D eigenvalue weighted by molar-refractivity contribution is 6.35. The molecule has 2 fully saturated rings. The molecule has 0 bridgehead atoms. The number of carbonyl (C=O) groups is 2. The highest BCUT2D eigenvalue weighted by Gasteiger charge is 2.43. The van der Waals surface area contributed by atoms with Crippen LogP contribution < -0.4 is 10.2 Å². The van der Waals surface area contributed by atoms with Crippen LogP contribution in [-0.2, 0) is 11.3 Å². The molecular formula is C27H29ClF2N4O3. The summed E-state index contributed by atoms with van der Waals surface area (Å²) in [5, 5.41) is 17.6. The predicted molar refractivity (Wildman–Crippen MR) is 137 cm³/mol. The molecule has 1 amide bonds. The minimum atomic E-state index is -2.62. The molecule has 10 heteroatoms. The number of hydrogen-bond donors (Lipinski definition) is 2. The zero-order chi connectivity index (χ0) is 26.2. The molecular weight excluding hydrogens is 502 g/mol. The molecule has 2 aromatic carbocycles. The summed E-state index contributed by atoms with van der Waals surface area (Å²) in [5.41, 5.74) is 2.85. The number of nitrogens with zero attached hydrogens (tertiary/aromatic N) is 3. The molecule has 2 aliphatic rings. The van der Waals surface area contributed by atoms with E-state index in [9.17, 15) is 18.4 Å². The summed E-state index contributed by atoms with van der Waals surface area (Å²) in [4.78, 5) is 25.6. The van der Waals surface area contributed by atoms with Crippen LogP contribution in [0, 0.1) is 11.8 Å². The molecule has 1 aliphatic carbocycles. The maximum Gasteiger partial charge on any atom is 0.303 e. The van der Waals surface area contributed by atoms with Crippen LogP contribution in [0.25, 0.3) is 10.9 Å². The molecule has 2 N–H and O–H groups in total. The standard InChI is InChI=1S/C27H29ClF2N4O3/c28-23-10-9-21(26(37)31-12-18-3-1-17(2-4-18)11-24(35)36)22-13-32-34(25(22)23)14-19-5-7-20(8-6-19)33-15-27(29,30)16-33/h5-10,13,17-18H,1-4,11-12,14-16H2,(H,31,37)(H,35,36). The molecule has 5 rings (SSSR count). The summed E-state index contributed by atoms with van der Waals surface area (Å²) in [6.07, 6.45) is 5.42. The van der Waals surface area contributed by atoms with Crippen LogP contribution in [-0.4, -0.2) is 52.3 Å². The number of hydrogen-bond acceptors (Lipinski definition) is 4. The fraction of sp³-hybridized carbons (Fsp3) is 0.444. The lowest BCUT2D eigenvalue weighted by Gasteiger charge is -2.40. The Labute approximate surface area is 218 Å². The van der Waals surface area contributed by atoms with Gasteiger partial charge in [0.2, 0.25) is 0 Å². The van der Waals surface area contributed by atoms with Gasteiger partial charge in [0.05, 0.1) is 41.9 Å². The number of carboxylic acid groups (broad SMARTS) is 1. The topological polar surface area (TPSA) is 87.5 Å². The van der Waals surface area contributed by atoms with E-state index in [1.54, 1.807) is 27.9 Å². The SMILES string of the molecule is O=C(O)CC1CCC(CNC(=O)c2ccc(Cl)c3c2cnn3Cc2ccc(N3CC(F)(F)C3)cc2)CC1. The van der Waals surface area contributed by atoms with Gasteiger partial charge in [-0.3, -0.25) is 14.3 Å². The summed E-state index contributed by atoms with van der Waals surface area (Å²) in [6, 6.07) is 10.8. The van der Waals surface area contributed by atoms with Crippen molar-refractivity contribution >= 4 is 40.1 Å². The van der Waals surface area contributed by atoms with Gasteiger partial charge in [-0.15, -0.1) is 0 Å². The molecule has 3 aromatic rings. The molecule has 0 radical (unpaired) electrons. The van der Waals surface area contributed by atoms with Crippen LogP contribution in [0.5, 0.6) is 0 Å². The van der Waals surface area contributed by atoms with Crippen molar-refractivity contribution in [2.24, 2.45) is 11.8 Å². The molecule has 0 spiro atoms. The van der Waals surface area contributed by atoms with E-state index >= 15 is 0 Å². The zero-order valence-electron chi connectivity index (χ0n) is 20.3. The molecule has 0 atom stereocenters. The van der Waals surface area contributed by atoms with E-state index in [1.807, 2.05) is 24.3 Å². The first-order valence-corrected chi connectivity index (χ1v) is 12.9. The molecule has 1 aliphatic heterocycles. The third-order valence-electron chi connectivity index (χ3n) is 7.46. The summed E-state index contributed by atoms with van der Waals surface area (Å²) < 4.78 is 28.1. The lowest BCUT2D eigenvalue weighted by atomic mass is 9.80. The van der Waals surface area contributed by atoms with E-state index in [4.69, 9.17) is 16.7 Å². The van der Waals surface area contributed by atoms with Gasteiger partial charge in [-0.25, -0.2) is 8.78 Å². The van der Waals surface area contributed by atoms with Gasteiger partial charge in [0, 0.05) is 24.0 Å². The maximum absolute atomic E-state index is 13.2. The minimum absolute atomic E-state index is 0.190. The fourth-order valence-corrected chi connectivity index (χ4v) is 5.64. The van der Waals surface area contributed by atoms with Crippen molar-refractivity contribution in [3.8, 4) is 0 Å². The van der Waals surface area contributed by atoms with Gasteiger partial charge >= 0.3 is 5.97 Å². The summed E-state index contributed by atoms with van der Waals surface area (Å²) in [5.74, 6) is -2.99. The second-order valence-corrected chi connectivity index (χ2v) is 10.6. The number of benzene rings is 2. The minimum Gasteiger partial charge on any atom is -0.481 e. The molecule has 37 heavy (non-hydrogen) atoms. The number of rotatable bonds is 8. The molecule has 196 valence electrons. The largest absolute Gasteiger partial charge is 0.481 e. The normalized spacial score (nSPS) is 21.0. The first kappa shape index (κ1) is 25.4. The number of carboxylic acids is 1. The van der Waals surface area contributed by atoms with Crippen molar-refractivity contribution in [3.05, 3.63) is 58.7 Å². The third kappa shape index (κ3) is 5.71. The summed E-state index contributed by atoms with van der Waals surface area (Å²) in [7, 11) is 0. The monoisotopic (exact) mass is 530 g/mol. The van der Waals surface area contributed by atoms with Crippen LogP contribution in [0.15, 0.2) is 42.6 Å². The first-order chi connectivity index (χ1) is 17.7. The number of nitrogens with one attached hydrogen (secondary N) is 1. The fourth-order valence-electron chi connectivity index (χ4n) is 5.38. The van der Waals surface area contributed by atoms with Crippen LogP contribution in [0.1, 0.15) is 48.0 Å². The van der Waals surface area contributed by atoms with Gasteiger partial charge in [-0.1, -0.05) is 23.7 Å². The van der Waals surface area contributed by atoms with E-state index in [-0.39, 0.29) is 31.3 Å². The Morgan fingerprint density at radius 1 is 1.05 bits per heavy atom. The van der Waals surface area contributed by atoms with Crippen molar-refractivity contribution in [1.82, 2.24) is 15.1 Å². The van der Waals surface area contributed by atoms with Gasteiger partial charge in [-0.05, 0) is 67.3 Å². The number of halogens is 3. The number of aliphatic carboxylic acids is 1. The number of amides is 1. The van der Waals surface area contributed by atoms with Crippen molar-refractivity contribution in [2.45, 2.75) is 44.6 Å². The van der Waals surface area contributed by atoms with E-state index in [1.165, 1.54) is 0 Å². The van der Waals surface area contributed by atoms with Gasteiger partial charge < -0.3 is 15.3 Å². The molecule has 1 saturated heterocycles. The van der Waals surface area contributed by atoms with E-state index in [0.717, 1.165) is 36.9 Å². The van der Waals surface area contributed by atoms with E-state index in [2.05, 4.69) is 10.4 Å². The number of fused-ring (bicyclic) bond motifs is 1. The van der Waals surface area contributed by atoms with E-state index < -0.39 is 11.9 Å². The second kappa shape index (κ2) is 10.3. The van der Waals surface area contributed by atoms with Crippen LogP contribution in [0.3, 0.4) is 0 Å². The smallest absolute Gasteiger partial charge is 0.303 e. The number of aromatic nitrogens is 2. The molecule has 1 saturated carbocycles. The third-order valence-corrected chi connectivity index (χ3v) is 7.76. The summed E-state index contributed by atoms with van der Waals surface area (Å²) >= 11 is 6.50. The highest BCUT2D eigenvalue weighted by Crippen LogP contribution is 2.33. The van der Waals surface area contributed by atoms with Gasteiger partial charge in [-0.2, -0.15) is 5.10 Å². The second-order valence-electron chi connectivity index (χ2n) is 10.2. The zero-order valence-corrected chi connectivity index (χ0v) is 21.1. The number of alkyl halides is 2. The first-order valence-electron chi connectivity index (χ1n) is 12.5. The quantitative estimate of drug-likeness (QED) is 0.418. The molecule has 1 aromatic heterocycles. The van der Waals surface area contributed by atoms with E-state index in [0.29, 0.717) is 40.5 Å².